The quantitative estimate of drug-likeness (QED) is 0.571. The monoisotopic (exact) mass is 159 g/mol. The predicted molar refractivity (Wildman–Crippen MR) is 47.8 cm³/mol. The van der Waals surface area contributed by atoms with Gasteiger partial charge in [0.15, 0.2) is 0 Å². The fourth-order valence-corrected chi connectivity index (χ4v) is 1.40. The SMILES string of the molecule is O=CN1C=CCc2ccccc21. The van der Waals surface area contributed by atoms with Crippen LogP contribution in [0.1, 0.15) is 5.56 Å². The lowest BCUT2D eigenvalue weighted by Gasteiger charge is -2.19. The van der Waals surface area contributed by atoms with E-state index in [-0.39, 0.29) is 0 Å². The first-order valence-corrected chi connectivity index (χ1v) is 3.90. The zero-order chi connectivity index (χ0) is 8.39. The van der Waals surface area contributed by atoms with Crippen molar-refractivity contribution >= 4 is 12.1 Å². The van der Waals surface area contributed by atoms with E-state index in [2.05, 4.69) is 0 Å². The van der Waals surface area contributed by atoms with Crippen LogP contribution in [-0.2, 0) is 11.2 Å². The Balaban J connectivity index is 2.49. The summed E-state index contributed by atoms with van der Waals surface area (Å²) in [6, 6.07) is 7.91. The molecule has 0 saturated carbocycles. The molecule has 1 aromatic carbocycles. The smallest absolute Gasteiger partial charge is 0.218 e. The Morgan fingerprint density at radius 2 is 2.17 bits per heavy atom. The standard InChI is InChI=1S/C10H9NO/c12-8-11-7-3-5-9-4-1-2-6-10(9)11/h1-4,6-8H,5H2. The van der Waals surface area contributed by atoms with Crippen LogP contribution in [0.25, 0.3) is 0 Å². The molecule has 0 radical (unpaired) electrons. The number of hydrogen-bond donors (Lipinski definition) is 0. The largest absolute Gasteiger partial charge is 0.290 e. The van der Waals surface area contributed by atoms with Gasteiger partial charge in [-0.3, -0.25) is 9.69 Å². The van der Waals surface area contributed by atoms with Crippen LogP contribution in [0.2, 0.25) is 0 Å². The lowest BCUT2D eigenvalue weighted by atomic mass is 10.1. The van der Waals surface area contributed by atoms with Crippen molar-refractivity contribution in [3.8, 4) is 0 Å². The van der Waals surface area contributed by atoms with Gasteiger partial charge in [-0.15, -0.1) is 0 Å². The van der Waals surface area contributed by atoms with Crippen molar-refractivity contribution in [3.63, 3.8) is 0 Å². The van der Waals surface area contributed by atoms with Crippen molar-refractivity contribution in [2.24, 2.45) is 0 Å². The molecule has 60 valence electrons. The van der Waals surface area contributed by atoms with Gasteiger partial charge >= 0.3 is 0 Å². The van der Waals surface area contributed by atoms with E-state index in [0.29, 0.717) is 0 Å². The van der Waals surface area contributed by atoms with Crippen LogP contribution in [-0.4, -0.2) is 6.41 Å². The molecule has 0 spiro atoms. The van der Waals surface area contributed by atoms with Gasteiger partial charge in [-0.05, 0) is 18.1 Å². The van der Waals surface area contributed by atoms with Crippen molar-refractivity contribution in [3.05, 3.63) is 42.1 Å². The highest BCUT2D eigenvalue weighted by Crippen LogP contribution is 2.23. The minimum Gasteiger partial charge on any atom is -0.290 e. The summed E-state index contributed by atoms with van der Waals surface area (Å²) in [7, 11) is 0. The summed E-state index contributed by atoms with van der Waals surface area (Å²) in [6.45, 7) is 0. The molecule has 12 heavy (non-hydrogen) atoms. The van der Waals surface area contributed by atoms with Crippen molar-refractivity contribution in [1.29, 1.82) is 0 Å². The number of anilines is 1. The lowest BCUT2D eigenvalue weighted by molar-refractivity contribution is -0.107. The number of fused-ring (bicyclic) bond motifs is 1. The zero-order valence-electron chi connectivity index (χ0n) is 6.60. The molecule has 1 aliphatic heterocycles. The molecule has 2 nitrogen and oxygen atoms in total. The van der Waals surface area contributed by atoms with Crippen LogP contribution in [0.3, 0.4) is 0 Å². The first kappa shape index (κ1) is 7.10. The van der Waals surface area contributed by atoms with Gasteiger partial charge in [0.25, 0.3) is 0 Å². The van der Waals surface area contributed by atoms with Gasteiger partial charge in [0.2, 0.25) is 6.41 Å². The second-order valence-corrected chi connectivity index (χ2v) is 2.73. The van der Waals surface area contributed by atoms with Gasteiger partial charge in [0.05, 0.1) is 5.69 Å². The fraction of sp³-hybridized carbons (Fsp3) is 0.100. The number of para-hydroxylation sites is 1. The van der Waals surface area contributed by atoms with Crippen LogP contribution in [0.15, 0.2) is 36.5 Å². The van der Waals surface area contributed by atoms with Gasteiger partial charge in [0, 0.05) is 6.20 Å². The van der Waals surface area contributed by atoms with Gasteiger partial charge < -0.3 is 0 Å². The minimum absolute atomic E-state index is 0.828. The molecule has 0 saturated heterocycles. The number of carbonyl (C=O) groups is 1. The molecule has 1 amide bonds. The van der Waals surface area contributed by atoms with E-state index in [0.717, 1.165) is 18.5 Å². The number of carbonyl (C=O) groups excluding carboxylic acids is 1. The van der Waals surface area contributed by atoms with E-state index < -0.39 is 0 Å². The number of allylic oxidation sites excluding steroid dienone is 1. The van der Waals surface area contributed by atoms with E-state index in [1.54, 1.807) is 11.1 Å². The highest BCUT2D eigenvalue weighted by atomic mass is 16.1. The topological polar surface area (TPSA) is 20.3 Å². The number of benzene rings is 1. The van der Waals surface area contributed by atoms with Crippen molar-refractivity contribution in [2.45, 2.75) is 6.42 Å². The molecular formula is C10H9NO. The fourth-order valence-electron chi connectivity index (χ4n) is 1.40. The molecule has 0 bridgehead atoms. The average Bonchev–Trinajstić information content (AvgIpc) is 2.17. The number of amides is 1. The summed E-state index contributed by atoms with van der Waals surface area (Å²) in [6.07, 6.45) is 5.53. The Morgan fingerprint density at radius 3 is 3.00 bits per heavy atom. The third kappa shape index (κ3) is 1.01. The van der Waals surface area contributed by atoms with Gasteiger partial charge in [-0.1, -0.05) is 24.3 Å². The number of nitrogens with zero attached hydrogens (tertiary/aromatic N) is 1. The summed E-state index contributed by atoms with van der Waals surface area (Å²) in [5, 5.41) is 0. The molecule has 2 rings (SSSR count). The summed E-state index contributed by atoms with van der Waals surface area (Å²) in [5.74, 6) is 0. The minimum atomic E-state index is 0.828. The van der Waals surface area contributed by atoms with Crippen LogP contribution in [0.5, 0.6) is 0 Å². The Kier molecular flexibility index (Phi) is 1.67. The Hall–Kier alpha value is -1.57. The molecule has 1 heterocycles. The Bertz CT molecular complexity index is 330. The summed E-state index contributed by atoms with van der Waals surface area (Å²) >= 11 is 0. The molecular weight excluding hydrogens is 150 g/mol. The third-order valence-corrected chi connectivity index (χ3v) is 1.99. The third-order valence-electron chi connectivity index (χ3n) is 1.99. The van der Waals surface area contributed by atoms with Crippen LogP contribution in [0, 0.1) is 0 Å². The normalized spacial score (nSPS) is 14.2. The molecule has 1 aliphatic rings. The van der Waals surface area contributed by atoms with Crippen molar-refractivity contribution < 1.29 is 4.79 Å². The molecule has 0 N–H and O–H groups in total. The predicted octanol–water partition coefficient (Wildman–Crippen LogP) is 1.72. The zero-order valence-corrected chi connectivity index (χ0v) is 6.60. The van der Waals surface area contributed by atoms with E-state index in [1.807, 2.05) is 30.3 Å². The first-order chi connectivity index (χ1) is 5.92. The van der Waals surface area contributed by atoms with Crippen molar-refractivity contribution in [1.82, 2.24) is 0 Å². The lowest BCUT2D eigenvalue weighted by Crippen LogP contribution is -2.17. The van der Waals surface area contributed by atoms with Crippen LogP contribution >= 0.6 is 0 Å². The molecule has 0 fully saturated rings. The molecule has 0 atom stereocenters. The summed E-state index contributed by atoms with van der Waals surface area (Å²) < 4.78 is 0. The van der Waals surface area contributed by atoms with Crippen LogP contribution in [0.4, 0.5) is 5.69 Å². The first-order valence-electron chi connectivity index (χ1n) is 3.90. The van der Waals surface area contributed by atoms with E-state index in [1.165, 1.54) is 5.56 Å². The second kappa shape index (κ2) is 2.81. The van der Waals surface area contributed by atoms with E-state index >= 15 is 0 Å². The average molecular weight is 159 g/mol. The van der Waals surface area contributed by atoms with Gasteiger partial charge in [0.1, 0.15) is 0 Å². The number of rotatable bonds is 1. The van der Waals surface area contributed by atoms with E-state index in [9.17, 15) is 4.79 Å². The highest BCUT2D eigenvalue weighted by Gasteiger charge is 2.09. The van der Waals surface area contributed by atoms with E-state index in [4.69, 9.17) is 0 Å². The maximum absolute atomic E-state index is 10.6. The molecule has 0 aliphatic carbocycles. The Labute approximate surface area is 71.1 Å². The second-order valence-electron chi connectivity index (χ2n) is 2.73. The Morgan fingerprint density at radius 1 is 1.33 bits per heavy atom. The highest BCUT2D eigenvalue weighted by molar-refractivity contribution is 5.80. The van der Waals surface area contributed by atoms with Crippen LogP contribution < -0.4 is 4.90 Å². The van der Waals surface area contributed by atoms with Crippen molar-refractivity contribution in [2.75, 3.05) is 4.90 Å². The molecule has 1 aromatic rings. The summed E-state index contributed by atoms with van der Waals surface area (Å²) in [4.78, 5) is 12.2. The molecule has 2 heteroatoms. The molecule has 0 unspecified atom stereocenters. The summed E-state index contributed by atoms with van der Waals surface area (Å²) in [5.41, 5.74) is 2.20. The maximum Gasteiger partial charge on any atom is 0.218 e. The van der Waals surface area contributed by atoms with Gasteiger partial charge in [-0.25, -0.2) is 0 Å². The number of hydrogen-bond acceptors (Lipinski definition) is 1. The maximum atomic E-state index is 10.6. The van der Waals surface area contributed by atoms with Gasteiger partial charge in [-0.2, -0.15) is 0 Å². The molecule has 0 aromatic heterocycles.